The summed E-state index contributed by atoms with van der Waals surface area (Å²) in [6.07, 6.45) is 18.4. The maximum absolute atomic E-state index is 4.47. The highest BCUT2D eigenvalue weighted by Crippen LogP contribution is 2.11. The van der Waals surface area contributed by atoms with Gasteiger partial charge in [-0.15, -0.1) is 0 Å². The van der Waals surface area contributed by atoms with Crippen LogP contribution in [0.1, 0.15) is 97.3 Å². The SMILES string of the molecule is CCCCCCCCCCCCCC[N]CCC. The Bertz CT molecular complexity index is 118. The lowest BCUT2D eigenvalue weighted by Crippen LogP contribution is -2.07. The third-order valence-electron chi connectivity index (χ3n) is 3.55. The average molecular weight is 254 g/mol. The molecule has 0 aromatic rings. The van der Waals surface area contributed by atoms with Gasteiger partial charge in [0.25, 0.3) is 0 Å². The molecule has 18 heavy (non-hydrogen) atoms. The third kappa shape index (κ3) is 16.0. The second kappa shape index (κ2) is 17.0. The van der Waals surface area contributed by atoms with E-state index in [0.717, 1.165) is 13.1 Å². The monoisotopic (exact) mass is 254 g/mol. The van der Waals surface area contributed by atoms with Crippen LogP contribution >= 0.6 is 0 Å². The van der Waals surface area contributed by atoms with Gasteiger partial charge in [-0.25, -0.2) is 5.32 Å². The van der Waals surface area contributed by atoms with E-state index >= 15 is 0 Å². The van der Waals surface area contributed by atoms with E-state index in [2.05, 4.69) is 19.2 Å². The van der Waals surface area contributed by atoms with Gasteiger partial charge in [-0.05, 0) is 12.8 Å². The summed E-state index contributed by atoms with van der Waals surface area (Å²) in [5.74, 6) is 0. The van der Waals surface area contributed by atoms with Gasteiger partial charge in [-0.2, -0.15) is 0 Å². The standard InChI is InChI=1S/C17H36N/c1-3-5-6-7-8-9-10-11-12-13-14-15-17-18-16-4-2/h3-17H2,1-2H3. The first-order valence-electron chi connectivity index (χ1n) is 8.55. The van der Waals surface area contributed by atoms with Crippen molar-refractivity contribution in [2.24, 2.45) is 0 Å². The van der Waals surface area contributed by atoms with Gasteiger partial charge in [0.15, 0.2) is 0 Å². The zero-order chi connectivity index (χ0) is 13.3. The Morgan fingerprint density at radius 2 is 0.889 bits per heavy atom. The van der Waals surface area contributed by atoms with Crippen LogP contribution in [0.3, 0.4) is 0 Å². The van der Waals surface area contributed by atoms with Crippen molar-refractivity contribution >= 4 is 0 Å². The van der Waals surface area contributed by atoms with Crippen LogP contribution in [0, 0.1) is 0 Å². The molecule has 0 fully saturated rings. The Morgan fingerprint density at radius 3 is 1.33 bits per heavy atom. The largest absolute Gasteiger partial charge is 0.242 e. The highest BCUT2D eigenvalue weighted by atomic mass is 14.8. The number of unbranched alkanes of at least 4 members (excludes halogenated alkanes) is 11. The predicted molar refractivity (Wildman–Crippen MR) is 83.2 cm³/mol. The maximum Gasteiger partial charge on any atom is 0.0133 e. The van der Waals surface area contributed by atoms with Crippen LogP contribution in [0.2, 0.25) is 0 Å². The molecule has 0 aromatic carbocycles. The molecule has 0 N–H and O–H groups in total. The molecule has 0 aromatic heterocycles. The van der Waals surface area contributed by atoms with Crippen LogP contribution < -0.4 is 5.32 Å². The molecular formula is C17H36N. The van der Waals surface area contributed by atoms with Gasteiger partial charge in [0.2, 0.25) is 0 Å². The van der Waals surface area contributed by atoms with Gasteiger partial charge in [0, 0.05) is 13.1 Å². The van der Waals surface area contributed by atoms with Crippen molar-refractivity contribution in [3.63, 3.8) is 0 Å². The van der Waals surface area contributed by atoms with Crippen molar-refractivity contribution in [1.29, 1.82) is 0 Å². The highest BCUT2D eigenvalue weighted by molar-refractivity contribution is 4.50. The van der Waals surface area contributed by atoms with E-state index in [1.165, 1.54) is 83.5 Å². The predicted octanol–water partition coefficient (Wildman–Crippen LogP) is 5.70. The molecule has 0 aliphatic heterocycles. The summed E-state index contributed by atoms with van der Waals surface area (Å²) >= 11 is 0. The van der Waals surface area contributed by atoms with Crippen LogP contribution in [0.5, 0.6) is 0 Å². The Balaban J connectivity index is 2.86. The second-order valence-corrected chi connectivity index (χ2v) is 5.56. The van der Waals surface area contributed by atoms with Crippen LogP contribution in [0.15, 0.2) is 0 Å². The van der Waals surface area contributed by atoms with Crippen molar-refractivity contribution in [2.75, 3.05) is 13.1 Å². The van der Waals surface area contributed by atoms with Gasteiger partial charge in [0.1, 0.15) is 0 Å². The fourth-order valence-corrected chi connectivity index (χ4v) is 2.33. The van der Waals surface area contributed by atoms with E-state index in [9.17, 15) is 0 Å². The average Bonchev–Trinajstić information content (AvgIpc) is 2.39. The quantitative estimate of drug-likeness (QED) is 0.333. The van der Waals surface area contributed by atoms with Crippen LogP contribution in [-0.2, 0) is 0 Å². The topological polar surface area (TPSA) is 14.1 Å². The summed E-state index contributed by atoms with van der Waals surface area (Å²) in [5.41, 5.74) is 0. The fraction of sp³-hybridized carbons (Fsp3) is 1.00. The summed E-state index contributed by atoms with van der Waals surface area (Å²) in [7, 11) is 0. The summed E-state index contributed by atoms with van der Waals surface area (Å²) < 4.78 is 0. The first kappa shape index (κ1) is 18.0. The number of hydrogen-bond acceptors (Lipinski definition) is 0. The molecule has 0 saturated carbocycles. The summed E-state index contributed by atoms with van der Waals surface area (Å²) in [6, 6.07) is 0. The molecule has 0 atom stereocenters. The van der Waals surface area contributed by atoms with E-state index in [1.54, 1.807) is 0 Å². The van der Waals surface area contributed by atoms with E-state index < -0.39 is 0 Å². The first-order chi connectivity index (χ1) is 8.91. The molecule has 0 heterocycles. The third-order valence-corrected chi connectivity index (χ3v) is 3.55. The molecule has 0 amide bonds. The lowest BCUT2D eigenvalue weighted by molar-refractivity contribution is 0.533. The smallest absolute Gasteiger partial charge is 0.0133 e. The van der Waals surface area contributed by atoms with Crippen LogP contribution in [0.25, 0.3) is 0 Å². The van der Waals surface area contributed by atoms with Crippen molar-refractivity contribution in [3.05, 3.63) is 0 Å². The number of rotatable bonds is 15. The molecule has 1 radical (unpaired) electrons. The van der Waals surface area contributed by atoms with Crippen molar-refractivity contribution in [1.82, 2.24) is 5.32 Å². The minimum atomic E-state index is 1.07. The van der Waals surface area contributed by atoms with Crippen LogP contribution in [0.4, 0.5) is 0 Å². The van der Waals surface area contributed by atoms with Crippen molar-refractivity contribution < 1.29 is 0 Å². The molecule has 0 aliphatic rings. The van der Waals surface area contributed by atoms with E-state index in [4.69, 9.17) is 0 Å². The number of nitrogens with zero attached hydrogens (tertiary/aromatic N) is 1. The minimum Gasteiger partial charge on any atom is -0.242 e. The Labute approximate surface area is 116 Å². The molecule has 0 aliphatic carbocycles. The number of hydrogen-bond donors (Lipinski definition) is 0. The highest BCUT2D eigenvalue weighted by Gasteiger charge is 1.93. The van der Waals surface area contributed by atoms with Gasteiger partial charge in [-0.3, -0.25) is 0 Å². The Hall–Kier alpha value is -0.0400. The molecular weight excluding hydrogens is 218 g/mol. The fourth-order valence-electron chi connectivity index (χ4n) is 2.33. The molecule has 1 heteroatoms. The van der Waals surface area contributed by atoms with E-state index in [1.807, 2.05) is 0 Å². The lowest BCUT2D eigenvalue weighted by Gasteiger charge is -2.03. The van der Waals surface area contributed by atoms with Crippen molar-refractivity contribution in [2.45, 2.75) is 97.3 Å². The normalized spacial score (nSPS) is 11.0. The molecule has 0 unspecified atom stereocenters. The summed E-state index contributed by atoms with van der Waals surface area (Å²) in [4.78, 5) is 0. The zero-order valence-corrected chi connectivity index (χ0v) is 13.1. The molecule has 109 valence electrons. The van der Waals surface area contributed by atoms with Gasteiger partial charge < -0.3 is 0 Å². The molecule has 0 saturated heterocycles. The van der Waals surface area contributed by atoms with Gasteiger partial charge in [0.05, 0.1) is 0 Å². The van der Waals surface area contributed by atoms with Gasteiger partial charge >= 0.3 is 0 Å². The molecule has 0 bridgehead atoms. The van der Waals surface area contributed by atoms with Crippen molar-refractivity contribution in [3.8, 4) is 0 Å². The Morgan fingerprint density at radius 1 is 0.444 bits per heavy atom. The second-order valence-electron chi connectivity index (χ2n) is 5.56. The minimum absolute atomic E-state index is 1.07. The lowest BCUT2D eigenvalue weighted by atomic mass is 10.1. The van der Waals surface area contributed by atoms with Gasteiger partial charge in [-0.1, -0.05) is 84.5 Å². The summed E-state index contributed by atoms with van der Waals surface area (Å²) in [5, 5.41) is 4.47. The maximum atomic E-state index is 4.47. The van der Waals surface area contributed by atoms with E-state index in [0.29, 0.717) is 0 Å². The van der Waals surface area contributed by atoms with Crippen LogP contribution in [-0.4, -0.2) is 13.1 Å². The first-order valence-corrected chi connectivity index (χ1v) is 8.55. The molecule has 0 rings (SSSR count). The molecule has 1 nitrogen and oxygen atoms in total. The zero-order valence-electron chi connectivity index (χ0n) is 13.1. The molecule has 0 spiro atoms. The van der Waals surface area contributed by atoms with E-state index in [-0.39, 0.29) is 0 Å². The Kier molecular flexibility index (Phi) is 16.9. The summed E-state index contributed by atoms with van der Waals surface area (Å²) in [6.45, 7) is 6.66.